The molecule has 1 aliphatic heterocycles. The topological polar surface area (TPSA) is 23.6 Å². The van der Waals surface area contributed by atoms with E-state index in [9.17, 15) is 4.79 Å². The van der Waals surface area contributed by atoms with Gasteiger partial charge in [-0.3, -0.25) is 9.69 Å². The smallest absolute Gasteiger partial charge is 0.209 e. The largest absolute Gasteiger partial charge is 0.343 e. The van der Waals surface area contributed by atoms with Crippen LogP contribution in [0.1, 0.15) is 17.5 Å². The number of carbonyl (C=O) groups excluding carboxylic acids is 1. The summed E-state index contributed by atoms with van der Waals surface area (Å²) in [5.74, 6) is 0. The van der Waals surface area contributed by atoms with Crippen molar-refractivity contribution in [3.63, 3.8) is 0 Å². The maximum atomic E-state index is 10.7. The van der Waals surface area contributed by atoms with Gasteiger partial charge in [-0.05, 0) is 30.4 Å². The highest BCUT2D eigenvalue weighted by molar-refractivity contribution is 5.47. The number of nitrogens with zero attached hydrogens (tertiary/aromatic N) is 2. The van der Waals surface area contributed by atoms with Crippen LogP contribution in [0.5, 0.6) is 0 Å². The van der Waals surface area contributed by atoms with Crippen molar-refractivity contribution in [2.24, 2.45) is 0 Å². The first-order chi connectivity index (χ1) is 8.86. The Labute approximate surface area is 108 Å². The molecule has 1 atom stereocenters. The summed E-state index contributed by atoms with van der Waals surface area (Å²) in [5.41, 5.74) is 3.05. The molecule has 0 bridgehead atoms. The van der Waals surface area contributed by atoms with E-state index in [0.717, 1.165) is 32.6 Å². The number of hydrogen-bond acceptors (Lipinski definition) is 2. The van der Waals surface area contributed by atoms with Gasteiger partial charge in [-0.2, -0.15) is 0 Å². The lowest BCUT2D eigenvalue weighted by Crippen LogP contribution is -2.51. The molecule has 0 N–H and O–H groups in total. The summed E-state index contributed by atoms with van der Waals surface area (Å²) in [6.07, 6.45) is 4.62. The van der Waals surface area contributed by atoms with Crippen LogP contribution in [0.15, 0.2) is 24.3 Å². The van der Waals surface area contributed by atoms with Crippen molar-refractivity contribution in [3.05, 3.63) is 35.4 Å². The summed E-state index contributed by atoms with van der Waals surface area (Å²) in [5, 5.41) is 0. The van der Waals surface area contributed by atoms with Crippen LogP contribution in [0.4, 0.5) is 0 Å². The highest BCUT2D eigenvalue weighted by atomic mass is 16.1. The number of benzene rings is 1. The molecule has 0 spiro atoms. The zero-order valence-electron chi connectivity index (χ0n) is 10.7. The van der Waals surface area contributed by atoms with Gasteiger partial charge in [0.2, 0.25) is 6.41 Å². The van der Waals surface area contributed by atoms with E-state index in [0.29, 0.717) is 6.04 Å². The molecule has 0 saturated carbocycles. The minimum atomic E-state index is 0.675. The van der Waals surface area contributed by atoms with Crippen LogP contribution >= 0.6 is 0 Å². The standard InChI is InChI=1S/C15H20N2O/c18-12-16-7-9-17(10-8-16)15-6-5-13-3-1-2-4-14(13)11-15/h1-4,12,15H,5-11H2/t15-/m0/s1. The van der Waals surface area contributed by atoms with Crippen molar-refractivity contribution in [1.29, 1.82) is 0 Å². The van der Waals surface area contributed by atoms with Gasteiger partial charge in [0.05, 0.1) is 0 Å². The van der Waals surface area contributed by atoms with Gasteiger partial charge in [0.1, 0.15) is 0 Å². The minimum absolute atomic E-state index is 0.675. The molecule has 3 heteroatoms. The lowest BCUT2D eigenvalue weighted by Gasteiger charge is -2.40. The highest BCUT2D eigenvalue weighted by Crippen LogP contribution is 2.24. The summed E-state index contributed by atoms with van der Waals surface area (Å²) in [7, 11) is 0. The molecular weight excluding hydrogens is 224 g/mol. The monoisotopic (exact) mass is 244 g/mol. The average Bonchev–Trinajstić information content (AvgIpc) is 2.47. The van der Waals surface area contributed by atoms with Gasteiger partial charge in [0.15, 0.2) is 0 Å². The zero-order valence-corrected chi connectivity index (χ0v) is 10.7. The predicted molar refractivity (Wildman–Crippen MR) is 71.5 cm³/mol. The van der Waals surface area contributed by atoms with Crippen molar-refractivity contribution in [2.45, 2.75) is 25.3 Å². The highest BCUT2D eigenvalue weighted by Gasteiger charge is 2.26. The maximum absolute atomic E-state index is 10.7. The maximum Gasteiger partial charge on any atom is 0.209 e. The van der Waals surface area contributed by atoms with Crippen molar-refractivity contribution in [2.75, 3.05) is 26.2 Å². The second-order valence-corrected chi connectivity index (χ2v) is 5.34. The molecule has 1 aromatic carbocycles. The van der Waals surface area contributed by atoms with E-state index >= 15 is 0 Å². The molecular formula is C15H20N2O. The Kier molecular flexibility index (Phi) is 3.33. The van der Waals surface area contributed by atoms with Crippen LogP contribution in [0, 0.1) is 0 Å². The Morgan fingerprint density at radius 1 is 1.06 bits per heavy atom. The van der Waals surface area contributed by atoms with E-state index < -0.39 is 0 Å². The molecule has 1 fully saturated rings. The lowest BCUT2D eigenvalue weighted by atomic mass is 9.87. The molecule has 2 aliphatic rings. The van der Waals surface area contributed by atoms with Gasteiger partial charge in [-0.15, -0.1) is 0 Å². The van der Waals surface area contributed by atoms with E-state index in [4.69, 9.17) is 0 Å². The molecule has 0 aromatic heterocycles. The summed E-state index contributed by atoms with van der Waals surface area (Å²) < 4.78 is 0. The number of amides is 1. The van der Waals surface area contributed by atoms with Crippen LogP contribution in [-0.4, -0.2) is 48.4 Å². The van der Waals surface area contributed by atoms with Crippen molar-refractivity contribution < 1.29 is 4.79 Å². The van der Waals surface area contributed by atoms with Crippen LogP contribution in [0.2, 0.25) is 0 Å². The molecule has 18 heavy (non-hydrogen) atoms. The Morgan fingerprint density at radius 3 is 2.50 bits per heavy atom. The molecule has 1 saturated heterocycles. The van der Waals surface area contributed by atoms with Gasteiger partial charge >= 0.3 is 0 Å². The van der Waals surface area contributed by atoms with E-state index in [-0.39, 0.29) is 0 Å². The minimum Gasteiger partial charge on any atom is -0.343 e. The number of aryl methyl sites for hydroxylation is 1. The summed E-state index contributed by atoms with van der Waals surface area (Å²) in [4.78, 5) is 15.2. The molecule has 1 aromatic rings. The summed E-state index contributed by atoms with van der Waals surface area (Å²) in [6, 6.07) is 9.49. The van der Waals surface area contributed by atoms with Gasteiger partial charge in [0.25, 0.3) is 0 Å². The molecule has 3 nitrogen and oxygen atoms in total. The van der Waals surface area contributed by atoms with Crippen LogP contribution in [-0.2, 0) is 17.6 Å². The van der Waals surface area contributed by atoms with Crippen molar-refractivity contribution in [1.82, 2.24) is 9.80 Å². The van der Waals surface area contributed by atoms with E-state index in [2.05, 4.69) is 29.2 Å². The fraction of sp³-hybridized carbons (Fsp3) is 0.533. The third-order valence-electron chi connectivity index (χ3n) is 4.34. The van der Waals surface area contributed by atoms with E-state index in [1.807, 2.05) is 4.90 Å². The lowest BCUT2D eigenvalue weighted by molar-refractivity contribution is -0.120. The first kappa shape index (κ1) is 11.7. The number of piperazine rings is 1. The van der Waals surface area contributed by atoms with Crippen LogP contribution < -0.4 is 0 Å². The van der Waals surface area contributed by atoms with Gasteiger partial charge < -0.3 is 4.90 Å². The second kappa shape index (κ2) is 5.11. The van der Waals surface area contributed by atoms with Gasteiger partial charge in [0, 0.05) is 32.2 Å². The predicted octanol–water partition coefficient (Wildman–Crippen LogP) is 1.32. The fourth-order valence-electron chi connectivity index (χ4n) is 3.20. The average molecular weight is 244 g/mol. The summed E-state index contributed by atoms with van der Waals surface area (Å²) >= 11 is 0. The molecule has 1 aliphatic carbocycles. The number of fused-ring (bicyclic) bond motifs is 1. The molecule has 96 valence electrons. The van der Waals surface area contributed by atoms with Crippen LogP contribution in [0.25, 0.3) is 0 Å². The Hall–Kier alpha value is -1.35. The van der Waals surface area contributed by atoms with Crippen molar-refractivity contribution >= 4 is 6.41 Å². The third kappa shape index (κ3) is 2.27. The SMILES string of the molecule is O=CN1CCN([C@H]2CCc3ccccc3C2)CC1. The molecule has 3 rings (SSSR count). The quantitative estimate of drug-likeness (QED) is 0.733. The van der Waals surface area contributed by atoms with Gasteiger partial charge in [-0.1, -0.05) is 24.3 Å². The van der Waals surface area contributed by atoms with Crippen molar-refractivity contribution in [3.8, 4) is 0 Å². The number of carbonyl (C=O) groups is 1. The van der Waals surface area contributed by atoms with Gasteiger partial charge in [-0.25, -0.2) is 0 Å². The van der Waals surface area contributed by atoms with E-state index in [1.54, 1.807) is 0 Å². The number of hydrogen-bond donors (Lipinski definition) is 0. The molecule has 0 radical (unpaired) electrons. The second-order valence-electron chi connectivity index (χ2n) is 5.34. The molecule has 1 amide bonds. The molecule has 1 heterocycles. The Bertz CT molecular complexity index is 424. The van der Waals surface area contributed by atoms with E-state index in [1.165, 1.54) is 30.4 Å². The normalized spacial score (nSPS) is 24.7. The van der Waals surface area contributed by atoms with Crippen LogP contribution in [0.3, 0.4) is 0 Å². The Balaban J connectivity index is 1.64. The Morgan fingerprint density at radius 2 is 1.78 bits per heavy atom. The first-order valence-electron chi connectivity index (χ1n) is 6.87. The summed E-state index contributed by atoms with van der Waals surface area (Å²) in [6.45, 7) is 3.85. The first-order valence-corrected chi connectivity index (χ1v) is 6.87. The fourth-order valence-corrected chi connectivity index (χ4v) is 3.20. The molecule has 0 unspecified atom stereocenters. The third-order valence-corrected chi connectivity index (χ3v) is 4.34. The zero-order chi connectivity index (χ0) is 12.4. The number of rotatable bonds is 2.